The summed E-state index contributed by atoms with van der Waals surface area (Å²) >= 11 is 6.16. The highest BCUT2D eigenvalue weighted by molar-refractivity contribution is 6.32. The van der Waals surface area contributed by atoms with Crippen LogP contribution in [0.15, 0.2) is 42.5 Å². The van der Waals surface area contributed by atoms with Gasteiger partial charge in [-0.25, -0.2) is 0 Å². The zero-order chi connectivity index (χ0) is 16.9. The molecule has 3 rings (SSSR count). The molecule has 1 N–H and O–H groups in total. The minimum absolute atomic E-state index is 0.309. The van der Waals surface area contributed by atoms with E-state index < -0.39 is 0 Å². The molecule has 1 amide bonds. The van der Waals surface area contributed by atoms with Crippen molar-refractivity contribution >= 4 is 29.3 Å². The van der Waals surface area contributed by atoms with Crippen molar-refractivity contribution in [2.75, 3.05) is 18.5 Å². The Morgan fingerprint density at radius 3 is 2.92 bits per heavy atom. The summed E-state index contributed by atoms with van der Waals surface area (Å²) in [6.45, 7) is 0.929. The summed E-state index contributed by atoms with van der Waals surface area (Å²) in [5, 5.41) is 12.0. The van der Waals surface area contributed by atoms with Crippen molar-refractivity contribution in [3.05, 3.63) is 58.6 Å². The highest BCUT2D eigenvalue weighted by atomic mass is 35.5. The number of benzene rings is 2. The maximum absolute atomic E-state index is 12.0. The van der Waals surface area contributed by atoms with Crippen molar-refractivity contribution in [2.24, 2.45) is 0 Å². The van der Waals surface area contributed by atoms with Gasteiger partial charge in [0.25, 0.3) is 0 Å². The van der Waals surface area contributed by atoms with Gasteiger partial charge in [-0.1, -0.05) is 17.7 Å². The first-order valence-electron chi connectivity index (χ1n) is 7.24. The molecule has 1 aliphatic heterocycles. The second kappa shape index (κ2) is 7.07. The maximum Gasteiger partial charge on any atom is 0.248 e. The van der Waals surface area contributed by atoms with E-state index in [1.165, 1.54) is 6.08 Å². The molecule has 2 aromatic carbocycles. The van der Waals surface area contributed by atoms with Gasteiger partial charge >= 0.3 is 0 Å². The molecule has 0 bridgehead atoms. The highest BCUT2D eigenvalue weighted by Crippen LogP contribution is 2.38. The third-order valence-electron chi connectivity index (χ3n) is 3.31. The number of ether oxygens (including phenoxy) is 2. The van der Waals surface area contributed by atoms with E-state index >= 15 is 0 Å². The first kappa shape index (κ1) is 15.9. The molecule has 0 unspecified atom stereocenters. The summed E-state index contributed by atoms with van der Waals surface area (Å²) in [5.41, 5.74) is 1.77. The molecule has 6 heteroatoms. The number of nitriles is 1. The molecule has 0 aromatic heterocycles. The van der Waals surface area contributed by atoms with Crippen LogP contribution in [0.2, 0.25) is 5.02 Å². The molecule has 0 saturated heterocycles. The van der Waals surface area contributed by atoms with Gasteiger partial charge in [0.05, 0.1) is 16.7 Å². The predicted molar refractivity (Wildman–Crippen MR) is 91.3 cm³/mol. The maximum atomic E-state index is 12.0. The van der Waals surface area contributed by atoms with Crippen LogP contribution in [0, 0.1) is 11.3 Å². The second-order valence-electron chi connectivity index (χ2n) is 5.04. The summed E-state index contributed by atoms with van der Waals surface area (Å²) in [7, 11) is 0. The topological polar surface area (TPSA) is 71.4 Å². The number of hydrogen-bond acceptors (Lipinski definition) is 4. The van der Waals surface area contributed by atoms with Crippen LogP contribution >= 0.6 is 11.6 Å². The van der Waals surface area contributed by atoms with E-state index in [2.05, 4.69) is 5.32 Å². The van der Waals surface area contributed by atoms with E-state index in [0.29, 0.717) is 41.0 Å². The van der Waals surface area contributed by atoms with Crippen molar-refractivity contribution in [1.82, 2.24) is 0 Å². The van der Waals surface area contributed by atoms with Crippen molar-refractivity contribution in [3.8, 4) is 17.6 Å². The van der Waals surface area contributed by atoms with Gasteiger partial charge in [-0.05, 0) is 42.0 Å². The lowest BCUT2D eigenvalue weighted by molar-refractivity contribution is -0.111. The summed E-state index contributed by atoms with van der Waals surface area (Å²) in [4.78, 5) is 12.0. The van der Waals surface area contributed by atoms with Crippen LogP contribution in [0.4, 0.5) is 5.69 Å². The molecular weight excluding hydrogens is 328 g/mol. The Balaban J connectivity index is 1.72. The Kier molecular flexibility index (Phi) is 4.69. The Bertz CT molecular complexity index is 856. The number of hydrogen-bond donors (Lipinski definition) is 1. The van der Waals surface area contributed by atoms with Crippen LogP contribution in [-0.4, -0.2) is 19.1 Å². The van der Waals surface area contributed by atoms with Crippen molar-refractivity contribution in [1.29, 1.82) is 5.26 Å². The molecule has 1 heterocycles. The molecule has 0 atom stereocenters. The molecule has 0 aliphatic carbocycles. The number of fused-ring (bicyclic) bond motifs is 1. The summed E-state index contributed by atoms with van der Waals surface area (Å²) < 4.78 is 10.9. The number of nitrogens with zero attached hydrogens (tertiary/aromatic N) is 1. The number of carbonyl (C=O) groups is 1. The predicted octanol–water partition coefficient (Wildman–Crippen LogP) is 3.63. The molecule has 1 aliphatic rings. The van der Waals surface area contributed by atoms with Crippen LogP contribution < -0.4 is 14.8 Å². The molecule has 0 spiro atoms. The van der Waals surface area contributed by atoms with Crippen LogP contribution in [0.25, 0.3) is 6.08 Å². The van der Waals surface area contributed by atoms with E-state index in [4.69, 9.17) is 26.3 Å². The number of rotatable bonds is 3. The first-order chi connectivity index (χ1) is 11.7. The van der Waals surface area contributed by atoms with Crippen molar-refractivity contribution in [2.45, 2.75) is 0 Å². The lowest BCUT2D eigenvalue weighted by Gasteiger charge is -2.19. The monoisotopic (exact) mass is 340 g/mol. The Hall–Kier alpha value is -2.97. The van der Waals surface area contributed by atoms with Gasteiger partial charge in [-0.2, -0.15) is 5.26 Å². The standard InChI is InChI=1S/C18H13ClN2O3/c19-15-9-12(10-16-18(15)24-7-6-23-16)4-5-17(22)21-14-3-1-2-13(8-14)11-20/h1-5,8-10H,6-7H2,(H,21,22)/b5-4+. The van der Waals surface area contributed by atoms with Crippen LogP contribution in [0.5, 0.6) is 11.5 Å². The molecular formula is C18H13ClN2O3. The Morgan fingerprint density at radius 2 is 2.08 bits per heavy atom. The summed E-state index contributed by atoms with van der Waals surface area (Å²) in [5.74, 6) is 0.782. The number of halogens is 1. The number of nitrogens with one attached hydrogen (secondary N) is 1. The lowest BCUT2D eigenvalue weighted by atomic mass is 10.1. The summed E-state index contributed by atoms with van der Waals surface area (Å²) in [6, 6.07) is 12.2. The molecule has 120 valence electrons. The van der Waals surface area contributed by atoms with Crippen molar-refractivity contribution in [3.63, 3.8) is 0 Å². The Labute approximate surface area is 144 Å². The first-order valence-corrected chi connectivity index (χ1v) is 7.62. The molecule has 2 aromatic rings. The average Bonchev–Trinajstić information content (AvgIpc) is 2.60. The van der Waals surface area contributed by atoms with Crippen LogP contribution in [0.3, 0.4) is 0 Å². The third kappa shape index (κ3) is 3.67. The minimum atomic E-state index is -0.309. The summed E-state index contributed by atoms with van der Waals surface area (Å²) in [6.07, 6.45) is 3.02. The number of amides is 1. The highest BCUT2D eigenvalue weighted by Gasteiger charge is 2.15. The SMILES string of the molecule is N#Cc1cccc(NC(=O)/C=C/c2cc(Cl)c3c(c2)OCCO3)c1. The van der Waals surface area contributed by atoms with E-state index in [1.54, 1.807) is 42.5 Å². The van der Waals surface area contributed by atoms with Crippen molar-refractivity contribution < 1.29 is 14.3 Å². The largest absolute Gasteiger partial charge is 0.486 e. The third-order valence-corrected chi connectivity index (χ3v) is 3.59. The van der Waals surface area contributed by atoms with Crippen LogP contribution in [-0.2, 0) is 4.79 Å². The zero-order valence-corrected chi connectivity index (χ0v) is 13.3. The zero-order valence-electron chi connectivity index (χ0n) is 12.6. The quantitative estimate of drug-likeness (QED) is 0.866. The van der Waals surface area contributed by atoms with E-state index in [9.17, 15) is 4.79 Å². The second-order valence-corrected chi connectivity index (χ2v) is 5.45. The van der Waals surface area contributed by atoms with Gasteiger partial charge in [0.2, 0.25) is 5.91 Å². The molecule has 0 saturated carbocycles. The van der Waals surface area contributed by atoms with Gasteiger partial charge < -0.3 is 14.8 Å². The lowest BCUT2D eigenvalue weighted by Crippen LogP contribution is -2.15. The average molecular weight is 341 g/mol. The van der Waals surface area contributed by atoms with Gasteiger partial charge in [-0.3, -0.25) is 4.79 Å². The fraction of sp³-hybridized carbons (Fsp3) is 0.111. The Morgan fingerprint density at radius 1 is 1.25 bits per heavy atom. The van der Waals surface area contributed by atoms with Gasteiger partial charge in [0.1, 0.15) is 13.2 Å². The van der Waals surface area contributed by atoms with Gasteiger partial charge in [0.15, 0.2) is 11.5 Å². The van der Waals surface area contributed by atoms with E-state index in [0.717, 1.165) is 5.56 Å². The fourth-order valence-corrected chi connectivity index (χ4v) is 2.52. The van der Waals surface area contributed by atoms with E-state index in [-0.39, 0.29) is 5.91 Å². The van der Waals surface area contributed by atoms with Gasteiger partial charge in [0, 0.05) is 11.8 Å². The minimum Gasteiger partial charge on any atom is -0.486 e. The van der Waals surface area contributed by atoms with E-state index in [1.807, 2.05) is 6.07 Å². The molecule has 0 radical (unpaired) electrons. The molecule has 24 heavy (non-hydrogen) atoms. The van der Waals surface area contributed by atoms with Gasteiger partial charge in [-0.15, -0.1) is 0 Å². The normalized spacial score (nSPS) is 12.7. The number of anilines is 1. The fourth-order valence-electron chi connectivity index (χ4n) is 2.25. The van der Waals surface area contributed by atoms with Crippen LogP contribution in [0.1, 0.15) is 11.1 Å². The molecule has 5 nitrogen and oxygen atoms in total. The smallest absolute Gasteiger partial charge is 0.248 e. The molecule has 0 fully saturated rings. The number of carbonyl (C=O) groups excluding carboxylic acids is 1.